The topological polar surface area (TPSA) is 246 Å². The number of hydrogen-bond donors (Lipinski definition) is 8. The summed E-state index contributed by atoms with van der Waals surface area (Å²) in [5, 5.41) is 8.74. The minimum Gasteiger partial charge on any atom is -0.481 e. The third-order valence-electron chi connectivity index (χ3n) is 4.80. The summed E-state index contributed by atoms with van der Waals surface area (Å²) in [6.45, 7) is 2.06. The Labute approximate surface area is 264 Å². The Morgan fingerprint density at radius 1 is 0.541 bits per heavy atom. The molecule has 0 aliphatic carbocycles. The van der Waals surface area contributed by atoms with Gasteiger partial charge in [-0.15, -0.1) is 86.8 Å². The lowest BCUT2D eigenvalue weighted by Gasteiger charge is -2.25. The van der Waals surface area contributed by atoms with E-state index in [9.17, 15) is 9.59 Å². The highest BCUT2D eigenvalue weighted by atomic mass is 35.5. The number of halogens is 7. The van der Waals surface area contributed by atoms with Crippen molar-refractivity contribution in [1.82, 2.24) is 0 Å². The summed E-state index contributed by atoms with van der Waals surface area (Å²) in [5.74, 6) is -1.28. The lowest BCUT2D eigenvalue weighted by atomic mass is 9.92. The second-order valence-electron chi connectivity index (χ2n) is 8.34. The van der Waals surface area contributed by atoms with Gasteiger partial charge in [-0.3, -0.25) is 9.59 Å². The van der Waals surface area contributed by atoms with Crippen LogP contribution in [0.25, 0.3) is 0 Å². The molecule has 0 radical (unpaired) electrons. The van der Waals surface area contributed by atoms with Gasteiger partial charge in [0.25, 0.3) is 0 Å². The van der Waals surface area contributed by atoms with Crippen LogP contribution in [0.15, 0.2) is 0 Å². The number of aliphatic carboxylic acids is 1. The van der Waals surface area contributed by atoms with Gasteiger partial charge in [-0.25, -0.2) is 0 Å². The van der Waals surface area contributed by atoms with E-state index in [-0.39, 0.29) is 142 Å². The van der Waals surface area contributed by atoms with Gasteiger partial charge in [0.2, 0.25) is 0 Å². The van der Waals surface area contributed by atoms with Gasteiger partial charge in [0, 0.05) is 42.3 Å². The SMILES string of the molecule is CCOC(=O)CC(N)CC(N)CC(N)CC(N)CC(N)CC(N)CC(N)CC(=O)O.Cl.Cl.Cl.Cl.Cl.Cl.Cl. The normalized spacial score (nSPS) is 15.1. The molecule has 11 nitrogen and oxygen atoms in total. The molecule has 18 heteroatoms. The van der Waals surface area contributed by atoms with Crippen LogP contribution in [0, 0.1) is 0 Å². The molecule has 0 spiro atoms. The smallest absolute Gasteiger partial charge is 0.307 e. The van der Waals surface area contributed by atoms with Crippen molar-refractivity contribution in [1.29, 1.82) is 0 Å². The van der Waals surface area contributed by atoms with E-state index in [0.29, 0.717) is 45.1 Å². The maximum absolute atomic E-state index is 11.4. The minimum atomic E-state index is -0.949. The summed E-state index contributed by atoms with van der Waals surface area (Å²) in [4.78, 5) is 22.1. The van der Waals surface area contributed by atoms with Crippen LogP contribution >= 0.6 is 86.8 Å². The quantitative estimate of drug-likeness (QED) is 0.100. The second kappa shape index (κ2) is 32.9. The van der Waals surface area contributed by atoms with Crippen LogP contribution in [0.2, 0.25) is 0 Å². The lowest BCUT2D eigenvalue weighted by Crippen LogP contribution is -2.42. The molecule has 0 heterocycles. The van der Waals surface area contributed by atoms with E-state index in [2.05, 4.69) is 0 Å². The van der Waals surface area contributed by atoms with Gasteiger partial charge in [-0.1, -0.05) is 0 Å². The fourth-order valence-corrected chi connectivity index (χ4v) is 3.64. The molecule has 234 valence electrons. The van der Waals surface area contributed by atoms with E-state index in [4.69, 9.17) is 50.0 Å². The van der Waals surface area contributed by atoms with Crippen LogP contribution in [0.3, 0.4) is 0 Å². The first-order valence-corrected chi connectivity index (χ1v) is 10.6. The number of esters is 1. The highest BCUT2D eigenvalue weighted by Crippen LogP contribution is 2.12. The van der Waals surface area contributed by atoms with Gasteiger partial charge in [-0.2, -0.15) is 0 Å². The molecule has 7 atom stereocenters. The molecule has 15 N–H and O–H groups in total. The summed E-state index contributed by atoms with van der Waals surface area (Å²) in [6.07, 6.45) is 2.96. The van der Waals surface area contributed by atoms with Crippen LogP contribution in [0.5, 0.6) is 0 Å². The van der Waals surface area contributed by atoms with Crippen LogP contribution < -0.4 is 40.1 Å². The zero-order chi connectivity index (χ0) is 23.3. The monoisotopic (exact) mass is 685 g/mol. The van der Waals surface area contributed by atoms with Crippen molar-refractivity contribution in [3.05, 3.63) is 0 Å². The molecule has 0 saturated heterocycles. The number of ether oxygens (including phenoxy) is 1. The van der Waals surface area contributed by atoms with Gasteiger partial charge < -0.3 is 50.0 Å². The van der Waals surface area contributed by atoms with Crippen molar-refractivity contribution in [3.63, 3.8) is 0 Å². The minimum absolute atomic E-state index is 0. The maximum atomic E-state index is 11.4. The van der Waals surface area contributed by atoms with Crippen LogP contribution in [0.4, 0.5) is 0 Å². The molecule has 0 fully saturated rings. The fraction of sp³-hybridized carbons (Fsp3) is 0.895. The van der Waals surface area contributed by atoms with Crippen molar-refractivity contribution < 1.29 is 19.4 Å². The zero-order valence-corrected chi connectivity index (χ0v) is 26.7. The van der Waals surface area contributed by atoms with Gasteiger partial charge in [0.05, 0.1) is 19.4 Å². The standard InChI is InChI=1S/C19H43N7O4.7ClH/c1-2-30-19(29)10-17(26)8-15(24)6-13(22)4-11(20)3-12(21)5-14(23)7-16(25)9-18(27)28;;;;;;;/h11-17H,2-10,20-26H2,1H3,(H,27,28);7*1H. The number of carbonyl (C=O) groups is 2. The Kier molecular flexibility index (Phi) is 51.2. The Balaban J connectivity index is -0.000000200. The number of hydrogen-bond acceptors (Lipinski definition) is 10. The second-order valence-corrected chi connectivity index (χ2v) is 8.34. The zero-order valence-electron chi connectivity index (χ0n) is 21.0. The van der Waals surface area contributed by atoms with Gasteiger partial charge in [0.1, 0.15) is 0 Å². The summed E-state index contributed by atoms with van der Waals surface area (Å²) in [7, 11) is 0. The van der Waals surface area contributed by atoms with Gasteiger partial charge in [0.15, 0.2) is 0 Å². The van der Waals surface area contributed by atoms with E-state index in [0.717, 1.165) is 0 Å². The molecule has 0 aliphatic rings. The van der Waals surface area contributed by atoms with Gasteiger partial charge >= 0.3 is 11.9 Å². The van der Waals surface area contributed by atoms with Crippen LogP contribution in [-0.4, -0.2) is 65.9 Å². The van der Waals surface area contributed by atoms with Crippen LogP contribution in [-0.2, 0) is 14.3 Å². The molecule has 0 rings (SSSR count). The average Bonchev–Trinajstić information content (AvgIpc) is 2.52. The average molecular weight is 689 g/mol. The van der Waals surface area contributed by atoms with Gasteiger partial charge in [-0.05, 0) is 45.4 Å². The molecule has 0 amide bonds. The molecule has 0 aromatic heterocycles. The molecular formula is C19H50Cl7N7O4. The molecule has 0 aliphatic heterocycles. The Hall–Kier alpha value is 0.690. The van der Waals surface area contributed by atoms with E-state index in [1.54, 1.807) is 6.92 Å². The molecule has 0 aromatic carbocycles. The Morgan fingerprint density at radius 3 is 1.03 bits per heavy atom. The van der Waals surface area contributed by atoms with E-state index in [1.807, 2.05) is 0 Å². The van der Waals surface area contributed by atoms with E-state index < -0.39 is 12.0 Å². The van der Waals surface area contributed by atoms with Crippen molar-refractivity contribution in [2.75, 3.05) is 6.61 Å². The summed E-state index contributed by atoms with van der Waals surface area (Å²) in [5.41, 5.74) is 42.3. The number of nitrogens with two attached hydrogens (primary N) is 7. The predicted molar refractivity (Wildman–Crippen MR) is 168 cm³/mol. The first-order valence-electron chi connectivity index (χ1n) is 10.6. The number of carboxylic acids is 1. The Morgan fingerprint density at radius 2 is 0.784 bits per heavy atom. The first-order chi connectivity index (χ1) is 13.9. The summed E-state index contributed by atoms with van der Waals surface area (Å²) < 4.78 is 4.88. The van der Waals surface area contributed by atoms with Crippen molar-refractivity contribution in [2.24, 2.45) is 40.1 Å². The predicted octanol–water partition coefficient (Wildman–Crippen LogP) is 0.999. The summed E-state index contributed by atoms with van der Waals surface area (Å²) >= 11 is 0. The molecule has 37 heavy (non-hydrogen) atoms. The third kappa shape index (κ3) is 34.7. The lowest BCUT2D eigenvalue weighted by molar-refractivity contribution is -0.143. The number of carbonyl (C=O) groups excluding carboxylic acids is 1. The molecule has 0 aromatic rings. The van der Waals surface area contributed by atoms with E-state index in [1.165, 1.54) is 0 Å². The summed E-state index contributed by atoms with van der Waals surface area (Å²) in [6, 6.07) is -2.05. The highest BCUT2D eigenvalue weighted by molar-refractivity contribution is 5.86. The highest BCUT2D eigenvalue weighted by Gasteiger charge is 2.21. The van der Waals surface area contributed by atoms with Crippen molar-refractivity contribution in [3.8, 4) is 0 Å². The number of carboxylic acid groups (broad SMARTS) is 1. The van der Waals surface area contributed by atoms with Crippen LogP contribution in [0.1, 0.15) is 58.3 Å². The first kappa shape index (κ1) is 57.6. The molecule has 0 saturated carbocycles. The third-order valence-corrected chi connectivity index (χ3v) is 4.80. The Bertz CT molecular complexity index is 523. The molecule has 7 unspecified atom stereocenters. The maximum Gasteiger partial charge on any atom is 0.307 e. The van der Waals surface area contributed by atoms with Crippen molar-refractivity contribution >= 4 is 98.8 Å². The molecule has 0 bridgehead atoms. The largest absolute Gasteiger partial charge is 0.481 e. The van der Waals surface area contributed by atoms with Crippen molar-refractivity contribution in [2.45, 2.75) is 101 Å². The number of rotatable bonds is 17. The van der Waals surface area contributed by atoms with E-state index >= 15 is 0 Å². The molecular weight excluding hydrogens is 638 g/mol. The fourth-order valence-electron chi connectivity index (χ4n) is 3.64.